The SMILES string of the molecule is C(CNCCCN1CCCC1)COCC1CC1. The number of rotatable bonds is 10. The zero-order valence-electron chi connectivity index (χ0n) is 11.1. The summed E-state index contributed by atoms with van der Waals surface area (Å²) in [5, 5.41) is 3.51. The number of hydrogen-bond donors (Lipinski definition) is 1. The van der Waals surface area contributed by atoms with Gasteiger partial charge in [0.1, 0.15) is 0 Å². The molecule has 0 radical (unpaired) electrons. The molecule has 1 heterocycles. The summed E-state index contributed by atoms with van der Waals surface area (Å²) >= 11 is 0. The van der Waals surface area contributed by atoms with Crippen LogP contribution in [0.5, 0.6) is 0 Å². The number of nitrogens with zero attached hydrogens (tertiary/aromatic N) is 1. The molecular formula is C14H28N2O. The fraction of sp³-hybridized carbons (Fsp3) is 1.00. The second-order valence-corrected chi connectivity index (χ2v) is 5.52. The Morgan fingerprint density at radius 2 is 1.82 bits per heavy atom. The quantitative estimate of drug-likeness (QED) is 0.590. The normalized spacial score (nSPS) is 21.2. The molecule has 0 aromatic heterocycles. The lowest BCUT2D eigenvalue weighted by atomic mass is 10.3. The average molecular weight is 240 g/mol. The van der Waals surface area contributed by atoms with Crippen LogP contribution >= 0.6 is 0 Å². The topological polar surface area (TPSA) is 24.5 Å². The summed E-state index contributed by atoms with van der Waals surface area (Å²) < 4.78 is 5.60. The Hall–Kier alpha value is -0.120. The van der Waals surface area contributed by atoms with Gasteiger partial charge in [-0.1, -0.05) is 0 Å². The number of nitrogens with one attached hydrogen (secondary N) is 1. The lowest BCUT2D eigenvalue weighted by Crippen LogP contribution is -2.25. The highest BCUT2D eigenvalue weighted by Crippen LogP contribution is 2.28. The molecule has 100 valence electrons. The minimum atomic E-state index is 0.906. The maximum absolute atomic E-state index is 5.60. The van der Waals surface area contributed by atoms with E-state index >= 15 is 0 Å². The third-order valence-electron chi connectivity index (χ3n) is 3.72. The van der Waals surface area contributed by atoms with Crippen LogP contribution in [0.1, 0.15) is 38.5 Å². The van der Waals surface area contributed by atoms with Gasteiger partial charge < -0.3 is 15.0 Å². The predicted molar refractivity (Wildman–Crippen MR) is 71.3 cm³/mol. The van der Waals surface area contributed by atoms with Crippen molar-refractivity contribution in [2.24, 2.45) is 5.92 Å². The van der Waals surface area contributed by atoms with Gasteiger partial charge in [-0.3, -0.25) is 0 Å². The molecule has 2 aliphatic rings. The lowest BCUT2D eigenvalue weighted by Gasteiger charge is -2.14. The minimum absolute atomic E-state index is 0.906. The molecule has 1 saturated heterocycles. The Morgan fingerprint density at radius 1 is 1.06 bits per heavy atom. The molecule has 0 unspecified atom stereocenters. The van der Waals surface area contributed by atoms with Crippen LogP contribution in [0.25, 0.3) is 0 Å². The highest BCUT2D eigenvalue weighted by atomic mass is 16.5. The molecule has 0 amide bonds. The Bertz CT molecular complexity index is 189. The molecule has 3 nitrogen and oxygen atoms in total. The van der Waals surface area contributed by atoms with Crippen molar-refractivity contribution in [3.8, 4) is 0 Å². The molecule has 1 aliphatic carbocycles. The van der Waals surface area contributed by atoms with Crippen molar-refractivity contribution in [2.45, 2.75) is 38.5 Å². The number of likely N-dealkylation sites (tertiary alicyclic amines) is 1. The molecule has 1 N–H and O–H groups in total. The first-order chi connectivity index (χ1) is 8.45. The van der Waals surface area contributed by atoms with Gasteiger partial charge in [0, 0.05) is 13.2 Å². The Labute approximate surface area is 106 Å². The molecule has 2 rings (SSSR count). The molecule has 0 aromatic carbocycles. The van der Waals surface area contributed by atoms with Gasteiger partial charge in [-0.15, -0.1) is 0 Å². The fourth-order valence-corrected chi connectivity index (χ4v) is 2.39. The summed E-state index contributed by atoms with van der Waals surface area (Å²) in [6.45, 7) is 8.17. The molecule has 17 heavy (non-hydrogen) atoms. The molecule has 0 spiro atoms. The van der Waals surface area contributed by atoms with Crippen LogP contribution in [0.2, 0.25) is 0 Å². The Balaban J connectivity index is 1.27. The summed E-state index contributed by atoms with van der Waals surface area (Å²) in [6.07, 6.45) is 8.07. The van der Waals surface area contributed by atoms with Crippen LogP contribution in [0.15, 0.2) is 0 Å². The molecule has 1 saturated carbocycles. The second kappa shape index (κ2) is 8.06. The van der Waals surface area contributed by atoms with Crippen molar-refractivity contribution in [1.82, 2.24) is 10.2 Å². The van der Waals surface area contributed by atoms with Crippen LogP contribution in [-0.4, -0.2) is 50.8 Å². The van der Waals surface area contributed by atoms with E-state index < -0.39 is 0 Å². The predicted octanol–water partition coefficient (Wildman–Crippen LogP) is 1.88. The molecule has 3 heteroatoms. The fourth-order valence-electron chi connectivity index (χ4n) is 2.39. The van der Waals surface area contributed by atoms with E-state index in [0.717, 1.165) is 32.1 Å². The third-order valence-corrected chi connectivity index (χ3v) is 3.72. The van der Waals surface area contributed by atoms with Gasteiger partial charge >= 0.3 is 0 Å². The van der Waals surface area contributed by atoms with E-state index in [2.05, 4.69) is 10.2 Å². The molecule has 1 aliphatic heterocycles. The lowest BCUT2D eigenvalue weighted by molar-refractivity contribution is 0.122. The van der Waals surface area contributed by atoms with Crippen molar-refractivity contribution in [1.29, 1.82) is 0 Å². The maximum Gasteiger partial charge on any atom is 0.0494 e. The molecular weight excluding hydrogens is 212 g/mol. The molecule has 0 bridgehead atoms. The maximum atomic E-state index is 5.60. The Morgan fingerprint density at radius 3 is 2.59 bits per heavy atom. The monoisotopic (exact) mass is 240 g/mol. The van der Waals surface area contributed by atoms with E-state index in [4.69, 9.17) is 4.74 Å². The summed E-state index contributed by atoms with van der Waals surface area (Å²) in [4.78, 5) is 2.58. The second-order valence-electron chi connectivity index (χ2n) is 5.52. The van der Waals surface area contributed by atoms with E-state index in [-0.39, 0.29) is 0 Å². The number of ether oxygens (including phenoxy) is 1. The highest BCUT2D eigenvalue weighted by molar-refractivity contribution is 4.71. The third kappa shape index (κ3) is 6.39. The van der Waals surface area contributed by atoms with Crippen molar-refractivity contribution < 1.29 is 4.74 Å². The van der Waals surface area contributed by atoms with Gasteiger partial charge in [-0.25, -0.2) is 0 Å². The first-order valence-corrected chi connectivity index (χ1v) is 7.46. The van der Waals surface area contributed by atoms with Crippen LogP contribution in [-0.2, 0) is 4.74 Å². The average Bonchev–Trinajstić information content (AvgIpc) is 3.02. The highest BCUT2D eigenvalue weighted by Gasteiger charge is 2.20. The van der Waals surface area contributed by atoms with E-state index in [0.29, 0.717) is 0 Å². The molecule has 0 aromatic rings. The van der Waals surface area contributed by atoms with Gasteiger partial charge in [-0.2, -0.15) is 0 Å². The van der Waals surface area contributed by atoms with Crippen LogP contribution in [0.3, 0.4) is 0 Å². The van der Waals surface area contributed by atoms with Gasteiger partial charge in [-0.05, 0) is 77.2 Å². The van der Waals surface area contributed by atoms with Crippen LogP contribution in [0, 0.1) is 5.92 Å². The summed E-state index contributed by atoms with van der Waals surface area (Å²) in [5.74, 6) is 0.906. The van der Waals surface area contributed by atoms with E-state index in [1.54, 1.807) is 0 Å². The zero-order chi connectivity index (χ0) is 11.8. The van der Waals surface area contributed by atoms with Crippen molar-refractivity contribution in [3.05, 3.63) is 0 Å². The smallest absolute Gasteiger partial charge is 0.0494 e. The van der Waals surface area contributed by atoms with Gasteiger partial charge in [0.05, 0.1) is 0 Å². The Kier molecular flexibility index (Phi) is 6.32. The largest absolute Gasteiger partial charge is 0.381 e. The first kappa shape index (κ1) is 13.3. The zero-order valence-corrected chi connectivity index (χ0v) is 11.1. The van der Waals surface area contributed by atoms with Crippen LogP contribution < -0.4 is 5.32 Å². The molecule has 2 fully saturated rings. The summed E-state index contributed by atoms with van der Waals surface area (Å²) in [6, 6.07) is 0. The van der Waals surface area contributed by atoms with Gasteiger partial charge in [0.25, 0.3) is 0 Å². The summed E-state index contributed by atoms with van der Waals surface area (Å²) in [5.41, 5.74) is 0. The van der Waals surface area contributed by atoms with E-state index in [9.17, 15) is 0 Å². The van der Waals surface area contributed by atoms with Crippen molar-refractivity contribution in [2.75, 3.05) is 45.9 Å². The van der Waals surface area contributed by atoms with E-state index in [1.807, 2.05) is 0 Å². The van der Waals surface area contributed by atoms with Crippen LogP contribution in [0.4, 0.5) is 0 Å². The van der Waals surface area contributed by atoms with E-state index in [1.165, 1.54) is 58.3 Å². The van der Waals surface area contributed by atoms with Crippen molar-refractivity contribution >= 4 is 0 Å². The molecule has 0 atom stereocenters. The standard InChI is InChI=1S/C14H28N2O/c1-2-10-16(9-1)11-3-7-15-8-4-12-17-13-14-5-6-14/h14-15H,1-13H2. The number of hydrogen-bond acceptors (Lipinski definition) is 3. The summed E-state index contributed by atoms with van der Waals surface area (Å²) in [7, 11) is 0. The van der Waals surface area contributed by atoms with Gasteiger partial charge in [0.2, 0.25) is 0 Å². The first-order valence-electron chi connectivity index (χ1n) is 7.46. The minimum Gasteiger partial charge on any atom is -0.381 e. The van der Waals surface area contributed by atoms with Crippen molar-refractivity contribution in [3.63, 3.8) is 0 Å². The van der Waals surface area contributed by atoms with Gasteiger partial charge in [0.15, 0.2) is 0 Å².